The molecule has 2 unspecified atom stereocenters. The minimum absolute atomic E-state index is 0.0846. The Morgan fingerprint density at radius 2 is 1.87 bits per heavy atom. The summed E-state index contributed by atoms with van der Waals surface area (Å²) >= 11 is 0. The molecule has 0 radical (unpaired) electrons. The van der Waals surface area contributed by atoms with Crippen molar-refractivity contribution in [1.82, 2.24) is 20.9 Å². The Morgan fingerprint density at radius 3 is 2.73 bits per heavy atom. The molecule has 1 saturated heterocycles. The lowest BCUT2D eigenvalue weighted by Crippen LogP contribution is -2.31. The van der Waals surface area contributed by atoms with Gasteiger partial charge in [0.15, 0.2) is 5.58 Å². The first-order chi connectivity index (χ1) is 14.7. The molecule has 0 aliphatic carbocycles. The van der Waals surface area contributed by atoms with Gasteiger partial charge < -0.3 is 9.42 Å². The Balaban J connectivity index is 1.13. The molecule has 2 heterocycles. The van der Waals surface area contributed by atoms with Crippen molar-refractivity contribution in [2.75, 3.05) is 13.6 Å². The number of unbranched alkanes of at least 4 members (excludes halogenated alkanes) is 2. The van der Waals surface area contributed by atoms with Crippen LogP contribution in [0.15, 0.2) is 59.1 Å². The van der Waals surface area contributed by atoms with E-state index in [1.807, 2.05) is 36.2 Å². The molecule has 4 rings (SSSR count). The Bertz CT molecular complexity index is 956. The second kappa shape index (κ2) is 9.87. The van der Waals surface area contributed by atoms with Crippen LogP contribution in [0.4, 0.5) is 0 Å². The smallest absolute Gasteiger partial charge is 0.228 e. The predicted octanol–water partition coefficient (Wildman–Crippen LogP) is 4.00. The van der Waals surface area contributed by atoms with Crippen molar-refractivity contribution in [3.8, 4) is 0 Å². The SMILES string of the molecule is CN(CCCCCC1CC(c2ccccc2)NN1)C(=O)Cc1noc2ccccc12. The number of hydrogen-bond acceptors (Lipinski definition) is 5. The van der Waals surface area contributed by atoms with E-state index in [-0.39, 0.29) is 12.3 Å². The minimum Gasteiger partial charge on any atom is -0.356 e. The van der Waals surface area contributed by atoms with Crippen LogP contribution < -0.4 is 10.9 Å². The quantitative estimate of drug-likeness (QED) is 0.526. The molecule has 158 valence electrons. The highest BCUT2D eigenvalue weighted by molar-refractivity contribution is 5.86. The Morgan fingerprint density at radius 1 is 1.07 bits per heavy atom. The van der Waals surface area contributed by atoms with Gasteiger partial charge in [0.25, 0.3) is 0 Å². The van der Waals surface area contributed by atoms with Gasteiger partial charge in [-0.05, 0) is 37.0 Å². The predicted molar refractivity (Wildman–Crippen MR) is 118 cm³/mol. The largest absolute Gasteiger partial charge is 0.356 e. The van der Waals surface area contributed by atoms with Gasteiger partial charge in [-0.1, -0.05) is 60.5 Å². The van der Waals surface area contributed by atoms with Crippen LogP contribution in [0.25, 0.3) is 11.0 Å². The van der Waals surface area contributed by atoms with Gasteiger partial charge in [0, 0.05) is 31.1 Å². The molecule has 6 heteroatoms. The molecule has 3 aromatic rings. The van der Waals surface area contributed by atoms with E-state index in [1.54, 1.807) is 0 Å². The van der Waals surface area contributed by atoms with Crippen molar-refractivity contribution >= 4 is 16.9 Å². The number of amides is 1. The molecule has 2 aromatic carbocycles. The molecule has 0 bridgehead atoms. The van der Waals surface area contributed by atoms with Gasteiger partial charge in [0.05, 0.1) is 6.42 Å². The average Bonchev–Trinajstić information content (AvgIpc) is 3.41. The fourth-order valence-electron chi connectivity index (χ4n) is 4.10. The molecule has 2 atom stereocenters. The standard InChI is InChI=1S/C24H30N4O2/c1-28(24(29)17-22-20-13-7-8-14-23(20)30-27-22)15-9-3-6-12-19-16-21(26-25-19)18-10-4-2-5-11-18/h2,4-5,7-8,10-11,13-14,19,21,25-26H,3,6,9,12,15-17H2,1H3. The highest BCUT2D eigenvalue weighted by Gasteiger charge is 2.24. The summed E-state index contributed by atoms with van der Waals surface area (Å²) in [5.74, 6) is 0.0846. The van der Waals surface area contributed by atoms with Crippen molar-refractivity contribution in [1.29, 1.82) is 0 Å². The van der Waals surface area contributed by atoms with Crippen LogP contribution in [-0.2, 0) is 11.2 Å². The maximum Gasteiger partial charge on any atom is 0.228 e. The van der Waals surface area contributed by atoms with Crippen molar-refractivity contribution < 1.29 is 9.32 Å². The van der Waals surface area contributed by atoms with Gasteiger partial charge in [0.2, 0.25) is 5.91 Å². The van der Waals surface area contributed by atoms with Gasteiger partial charge in [-0.25, -0.2) is 0 Å². The third-order valence-electron chi connectivity index (χ3n) is 5.93. The molecule has 1 aliphatic rings. The summed E-state index contributed by atoms with van der Waals surface area (Å²) < 4.78 is 5.30. The van der Waals surface area contributed by atoms with E-state index < -0.39 is 0 Å². The number of nitrogens with one attached hydrogen (secondary N) is 2. The lowest BCUT2D eigenvalue weighted by molar-refractivity contribution is -0.129. The van der Waals surface area contributed by atoms with Gasteiger partial charge in [-0.2, -0.15) is 0 Å². The van der Waals surface area contributed by atoms with Crippen molar-refractivity contribution in [3.05, 3.63) is 65.9 Å². The average molecular weight is 407 g/mol. The number of para-hydroxylation sites is 1. The number of carbonyl (C=O) groups is 1. The van der Waals surface area contributed by atoms with Gasteiger partial charge in [0.1, 0.15) is 5.69 Å². The number of rotatable bonds is 9. The number of hydrogen-bond donors (Lipinski definition) is 2. The van der Waals surface area contributed by atoms with Gasteiger partial charge in [-0.15, -0.1) is 0 Å². The molecular formula is C24H30N4O2. The number of nitrogens with zero attached hydrogens (tertiary/aromatic N) is 2. The lowest BCUT2D eigenvalue weighted by Gasteiger charge is -2.17. The van der Waals surface area contributed by atoms with Crippen molar-refractivity contribution in [3.63, 3.8) is 0 Å². The zero-order chi connectivity index (χ0) is 20.8. The molecule has 30 heavy (non-hydrogen) atoms. The zero-order valence-corrected chi connectivity index (χ0v) is 17.5. The molecule has 1 fully saturated rings. The fraction of sp³-hybridized carbons (Fsp3) is 0.417. The first-order valence-electron chi connectivity index (χ1n) is 10.8. The molecular weight excluding hydrogens is 376 g/mol. The molecule has 2 N–H and O–H groups in total. The number of carbonyl (C=O) groups excluding carboxylic acids is 1. The van der Waals surface area contributed by atoms with Crippen LogP contribution in [0.5, 0.6) is 0 Å². The summed E-state index contributed by atoms with van der Waals surface area (Å²) in [4.78, 5) is 14.3. The van der Waals surface area contributed by atoms with Gasteiger partial charge in [-0.3, -0.25) is 15.6 Å². The maximum atomic E-state index is 12.5. The minimum atomic E-state index is 0.0846. The number of fused-ring (bicyclic) bond motifs is 1. The topological polar surface area (TPSA) is 70.4 Å². The first kappa shape index (κ1) is 20.6. The number of hydrazine groups is 1. The molecule has 1 aromatic heterocycles. The van der Waals surface area contributed by atoms with Crippen LogP contribution in [0.3, 0.4) is 0 Å². The van der Waals surface area contributed by atoms with Crippen LogP contribution in [0.2, 0.25) is 0 Å². The van der Waals surface area contributed by atoms with Crippen LogP contribution >= 0.6 is 0 Å². The zero-order valence-electron chi connectivity index (χ0n) is 17.5. The number of likely N-dealkylation sites (N-methyl/N-ethyl adjacent to an activating group) is 1. The number of benzene rings is 2. The lowest BCUT2D eigenvalue weighted by atomic mass is 9.99. The van der Waals surface area contributed by atoms with Crippen molar-refractivity contribution in [2.45, 2.75) is 50.6 Å². The van der Waals surface area contributed by atoms with E-state index in [2.05, 4.69) is 46.3 Å². The normalized spacial score (nSPS) is 18.7. The molecule has 1 aliphatic heterocycles. The Hall–Kier alpha value is -2.70. The van der Waals surface area contributed by atoms with Gasteiger partial charge >= 0.3 is 0 Å². The highest BCUT2D eigenvalue weighted by Crippen LogP contribution is 2.24. The van der Waals surface area contributed by atoms with Crippen LogP contribution in [0, 0.1) is 0 Å². The monoisotopic (exact) mass is 406 g/mol. The van der Waals surface area contributed by atoms with E-state index in [4.69, 9.17) is 4.52 Å². The van der Waals surface area contributed by atoms with Crippen molar-refractivity contribution in [2.24, 2.45) is 0 Å². The summed E-state index contributed by atoms with van der Waals surface area (Å²) in [5.41, 5.74) is 9.63. The summed E-state index contributed by atoms with van der Waals surface area (Å²) in [6, 6.07) is 19.2. The fourth-order valence-corrected chi connectivity index (χ4v) is 4.10. The van der Waals surface area contributed by atoms with E-state index in [1.165, 1.54) is 5.56 Å². The molecule has 1 amide bonds. The second-order valence-corrected chi connectivity index (χ2v) is 8.15. The first-order valence-corrected chi connectivity index (χ1v) is 10.8. The highest BCUT2D eigenvalue weighted by atomic mass is 16.5. The summed E-state index contributed by atoms with van der Waals surface area (Å²) in [7, 11) is 1.87. The van der Waals surface area contributed by atoms with E-state index in [9.17, 15) is 4.79 Å². The molecule has 0 spiro atoms. The third kappa shape index (κ3) is 5.07. The summed E-state index contributed by atoms with van der Waals surface area (Å²) in [6.45, 7) is 0.775. The van der Waals surface area contributed by atoms with Crippen LogP contribution in [-0.4, -0.2) is 35.6 Å². The van der Waals surface area contributed by atoms with E-state index in [0.717, 1.165) is 55.3 Å². The second-order valence-electron chi connectivity index (χ2n) is 8.15. The van der Waals surface area contributed by atoms with Crippen LogP contribution in [0.1, 0.15) is 49.4 Å². The van der Waals surface area contributed by atoms with E-state index >= 15 is 0 Å². The summed E-state index contributed by atoms with van der Waals surface area (Å²) in [5, 5.41) is 4.99. The van der Waals surface area contributed by atoms with E-state index in [0.29, 0.717) is 12.1 Å². The summed E-state index contributed by atoms with van der Waals surface area (Å²) in [6.07, 6.45) is 5.86. The number of aromatic nitrogens is 1. The molecule has 0 saturated carbocycles. The maximum absolute atomic E-state index is 12.5. The Labute approximate surface area is 177 Å². The molecule has 6 nitrogen and oxygen atoms in total. The Kier molecular flexibility index (Phi) is 6.77. The third-order valence-corrected chi connectivity index (χ3v) is 5.93.